The monoisotopic (exact) mass is 248 g/mol. The molecule has 1 heterocycles. The third kappa shape index (κ3) is 3.64. The summed E-state index contributed by atoms with van der Waals surface area (Å²) in [5.41, 5.74) is 5.18. The predicted octanol–water partition coefficient (Wildman–Crippen LogP) is 1.14. The normalized spacial score (nSPS) is 22.9. The van der Waals surface area contributed by atoms with E-state index in [2.05, 4.69) is 0 Å². The molecule has 1 aliphatic rings. The van der Waals surface area contributed by atoms with Crippen LogP contribution in [0.5, 0.6) is 0 Å². The van der Waals surface area contributed by atoms with Crippen molar-refractivity contribution in [3.05, 3.63) is 0 Å². The molecule has 0 spiro atoms. The maximum absolute atomic E-state index is 12.8. The van der Waals surface area contributed by atoms with Gasteiger partial charge in [0.05, 0.1) is 0 Å². The minimum atomic E-state index is -2.78. The van der Waals surface area contributed by atoms with Gasteiger partial charge in [-0.3, -0.25) is 9.59 Å². The predicted molar refractivity (Wildman–Crippen MR) is 58.3 cm³/mol. The Balaban J connectivity index is 2.67. The minimum Gasteiger partial charge on any atom is -0.368 e. The second-order valence-corrected chi connectivity index (χ2v) is 4.72. The average molecular weight is 248 g/mol. The maximum Gasteiger partial charge on any atom is 0.245 e. The topological polar surface area (TPSA) is 63.4 Å². The molecule has 2 atom stereocenters. The van der Waals surface area contributed by atoms with Gasteiger partial charge in [0.15, 0.2) is 0 Å². The van der Waals surface area contributed by atoms with Gasteiger partial charge in [0.25, 0.3) is 0 Å². The van der Waals surface area contributed by atoms with E-state index in [9.17, 15) is 18.4 Å². The number of nitrogens with zero attached hydrogens (tertiary/aromatic N) is 1. The SMILES string of the molecule is CC[C@@H](C(N)=O)N1C[C@H](CC(C)(F)F)CC1=O. The van der Waals surface area contributed by atoms with Gasteiger partial charge in [-0.15, -0.1) is 0 Å². The first-order valence-corrected chi connectivity index (χ1v) is 5.71. The Labute approximate surface area is 99.1 Å². The average Bonchev–Trinajstić information content (AvgIpc) is 2.44. The highest BCUT2D eigenvalue weighted by atomic mass is 19.3. The van der Waals surface area contributed by atoms with Gasteiger partial charge in [0.1, 0.15) is 6.04 Å². The Morgan fingerprint density at radius 3 is 2.65 bits per heavy atom. The Bertz CT molecular complexity index is 315. The molecule has 1 aliphatic heterocycles. The Kier molecular flexibility index (Phi) is 4.06. The molecule has 0 unspecified atom stereocenters. The quantitative estimate of drug-likeness (QED) is 0.793. The number of carbonyl (C=O) groups excluding carboxylic acids is 2. The largest absolute Gasteiger partial charge is 0.368 e. The molecule has 0 aromatic heterocycles. The fourth-order valence-corrected chi connectivity index (χ4v) is 2.33. The number of primary amides is 1. The number of nitrogens with two attached hydrogens (primary N) is 1. The van der Waals surface area contributed by atoms with Crippen LogP contribution in [0.1, 0.15) is 33.1 Å². The molecule has 0 radical (unpaired) electrons. The van der Waals surface area contributed by atoms with Gasteiger partial charge in [-0.2, -0.15) is 0 Å². The lowest BCUT2D eigenvalue weighted by molar-refractivity contribution is -0.136. The summed E-state index contributed by atoms with van der Waals surface area (Å²) in [6.45, 7) is 2.78. The lowest BCUT2D eigenvalue weighted by atomic mass is 10.0. The van der Waals surface area contributed by atoms with Crippen molar-refractivity contribution < 1.29 is 18.4 Å². The second kappa shape index (κ2) is 4.98. The Morgan fingerprint density at radius 1 is 1.65 bits per heavy atom. The summed E-state index contributed by atoms with van der Waals surface area (Å²) < 4.78 is 25.7. The van der Waals surface area contributed by atoms with Crippen LogP contribution in [0.25, 0.3) is 0 Å². The highest BCUT2D eigenvalue weighted by Crippen LogP contribution is 2.30. The molecule has 0 aliphatic carbocycles. The number of carbonyl (C=O) groups is 2. The van der Waals surface area contributed by atoms with Crippen LogP contribution in [0.15, 0.2) is 0 Å². The third-order valence-electron chi connectivity index (χ3n) is 2.98. The number of halogens is 2. The van der Waals surface area contributed by atoms with Gasteiger partial charge < -0.3 is 10.6 Å². The zero-order valence-electron chi connectivity index (χ0n) is 10.1. The molecule has 2 amide bonds. The standard InChI is InChI=1S/C11H18F2N2O2/c1-3-8(10(14)17)15-6-7(4-9(15)16)5-11(2,12)13/h7-8H,3-6H2,1-2H3,(H2,14,17)/t7-,8-/m0/s1. The summed E-state index contributed by atoms with van der Waals surface area (Å²) in [6, 6.07) is -0.669. The molecule has 2 N–H and O–H groups in total. The number of likely N-dealkylation sites (tertiary alicyclic amines) is 1. The smallest absolute Gasteiger partial charge is 0.245 e. The first-order valence-electron chi connectivity index (χ1n) is 5.71. The Hall–Kier alpha value is -1.20. The van der Waals surface area contributed by atoms with Crippen LogP contribution < -0.4 is 5.73 Å². The van der Waals surface area contributed by atoms with E-state index in [4.69, 9.17) is 5.73 Å². The van der Waals surface area contributed by atoms with Crippen LogP contribution >= 0.6 is 0 Å². The first-order chi connectivity index (χ1) is 7.74. The van der Waals surface area contributed by atoms with Crippen molar-refractivity contribution in [2.75, 3.05) is 6.54 Å². The zero-order chi connectivity index (χ0) is 13.2. The van der Waals surface area contributed by atoms with Crippen molar-refractivity contribution in [3.63, 3.8) is 0 Å². The molecule has 98 valence electrons. The molecule has 17 heavy (non-hydrogen) atoms. The molecule has 6 heteroatoms. The van der Waals surface area contributed by atoms with E-state index in [1.54, 1.807) is 6.92 Å². The third-order valence-corrected chi connectivity index (χ3v) is 2.98. The van der Waals surface area contributed by atoms with Crippen molar-refractivity contribution >= 4 is 11.8 Å². The molecular weight excluding hydrogens is 230 g/mol. The van der Waals surface area contributed by atoms with Crippen molar-refractivity contribution in [1.82, 2.24) is 4.90 Å². The van der Waals surface area contributed by atoms with Crippen LogP contribution in [-0.4, -0.2) is 35.2 Å². The highest BCUT2D eigenvalue weighted by Gasteiger charge is 2.39. The van der Waals surface area contributed by atoms with E-state index >= 15 is 0 Å². The van der Waals surface area contributed by atoms with E-state index in [0.717, 1.165) is 6.92 Å². The van der Waals surface area contributed by atoms with Crippen molar-refractivity contribution in [1.29, 1.82) is 0 Å². The molecule has 0 aromatic rings. The zero-order valence-corrected chi connectivity index (χ0v) is 10.1. The minimum absolute atomic E-state index is 0.0766. The van der Waals surface area contributed by atoms with E-state index in [1.165, 1.54) is 4.90 Å². The number of hydrogen-bond acceptors (Lipinski definition) is 2. The summed E-state index contributed by atoms with van der Waals surface area (Å²) in [4.78, 5) is 24.1. The van der Waals surface area contributed by atoms with E-state index in [0.29, 0.717) is 6.42 Å². The molecular formula is C11H18F2N2O2. The summed E-state index contributed by atoms with van der Waals surface area (Å²) in [5, 5.41) is 0. The molecule has 4 nitrogen and oxygen atoms in total. The van der Waals surface area contributed by atoms with Crippen LogP contribution in [0.3, 0.4) is 0 Å². The number of hydrogen-bond donors (Lipinski definition) is 1. The van der Waals surface area contributed by atoms with Gasteiger partial charge >= 0.3 is 0 Å². The fourth-order valence-electron chi connectivity index (χ4n) is 2.33. The lowest BCUT2D eigenvalue weighted by Crippen LogP contribution is -2.45. The van der Waals surface area contributed by atoms with E-state index in [-0.39, 0.29) is 25.3 Å². The maximum atomic E-state index is 12.8. The number of amides is 2. The molecule has 1 fully saturated rings. The van der Waals surface area contributed by atoms with Crippen LogP contribution in [-0.2, 0) is 9.59 Å². The van der Waals surface area contributed by atoms with Gasteiger partial charge in [-0.05, 0) is 19.3 Å². The van der Waals surface area contributed by atoms with Crippen molar-refractivity contribution in [3.8, 4) is 0 Å². The van der Waals surface area contributed by atoms with Gasteiger partial charge in [0, 0.05) is 19.4 Å². The Morgan fingerprint density at radius 2 is 2.24 bits per heavy atom. The highest BCUT2D eigenvalue weighted by molar-refractivity contribution is 5.87. The van der Waals surface area contributed by atoms with Gasteiger partial charge in [-0.25, -0.2) is 8.78 Å². The first kappa shape index (κ1) is 13.9. The second-order valence-electron chi connectivity index (χ2n) is 4.72. The van der Waals surface area contributed by atoms with E-state index < -0.39 is 23.8 Å². The van der Waals surface area contributed by atoms with Gasteiger partial charge in [0.2, 0.25) is 17.7 Å². The molecule has 0 bridgehead atoms. The van der Waals surface area contributed by atoms with Crippen molar-refractivity contribution in [2.24, 2.45) is 11.7 Å². The number of alkyl halides is 2. The van der Waals surface area contributed by atoms with Gasteiger partial charge in [-0.1, -0.05) is 6.92 Å². The lowest BCUT2D eigenvalue weighted by Gasteiger charge is -2.24. The summed E-state index contributed by atoms with van der Waals surface area (Å²) in [5.74, 6) is -4.01. The molecule has 1 saturated heterocycles. The number of rotatable bonds is 5. The van der Waals surface area contributed by atoms with Crippen LogP contribution in [0, 0.1) is 5.92 Å². The van der Waals surface area contributed by atoms with Crippen molar-refractivity contribution in [2.45, 2.75) is 45.1 Å². The summed E-state index contributed by atoms with van der Waals surface area (Å²) >= 11 is 0. The fraction of sp³-hybridized carbons (Fsp3) is 0.818. The summed E-state index contributed by atoms with van der Waals surface area (Å²) in [7, 11) is 0. The summed E-state index contributed by atoms with van der Waals surface area (Å²) in [6.07, 6.45) is 0.161. The molecule has 0 aromatic carbocycles. The van der Waals surface area contributed by atoms with Crippen LogP contribution in [0.2, 0.25) is 0 Å². The molecule has 0 saturated carbocycles. The van der Waals surface area contributed by atoms with Crippen LogP contribution in [0.4, 0.5) is 8.78 Å². The molecule has 1 rings (SSSR count). The van der Waals surface area contributed by atoms with E-state index in [1.807, 2.05) is 0 Å².